The Morgan fingerprint density at radius 1 is 1.00 bits per heavy atom. The van der Waals surface area contributed by atoms with E-state index in [-0.39, 0.29) is 17.8 Å². The van der Waals surface area contributed by atoms with E-state index in [4.69, 9.17) is 0 Å². The molecule has 1 aliphatic heterocycles. The Morgan fingerprint density at radius 3 is 2.46 bits per heavy atom. The van der Waals surface area contributed by atoms with Gasteiger partial charge in [0.25, 0.3) is 5.91 Å². The molecule has 2 heterocycles. The molecular weight excluding hydrogens is 331 g/mol. The summed E-state index contributed by atoms with van der Waals surface area (Å²) in [7, 11) is 0. The molecule has 1 aliphatic carbocycles. The van der Waals surface area contributed by atoms with E-state index < -0.39 is 0 Å². The standard InChI is InChI=1S/C20H25FN4O/c21-16-11-9-15(10-12-16)19-8-5-13-24(19)20(26)18-14-25(23-22-18)17-6-3-1-2-4-7-17/h9-12,14,17,19H,1-8,13H2. The van der Waals surface area contributed by atoms with Gasteiger partial charge in [-0.25, -0.2) is 9.07 Å². The number of hydrogen-bond donors (Lipinski definition) is 0. The summed E-state index contributed by atoms with van der Waals surface area (Å²) in [5.74, 6) is -0.326. The van der Waals surface area contributed by atoms with Crippen molar-refractivity contribution >= 4 is 5.91 Å². The van der Waals surface area contributed by atoms with E-state index in [0.29, 0.717) is 18.3 Å². The lowest BCUT2D eigenvalue weighted by atomic mass is 10.0. The van der Waals surface area contributed by atoms with Gasteiger partial charge in [-0.3, -0.25) is 4.79 Å². The Bertz CT molecular complexity index is 749. The zero-order valence-corrected chi connectivity index (χ0v) is 15.0. The third-order valence-electron chi connectivity index (χ3n) is 5.70. The lowest BCUT2D eigenvalue weighted by molar-refractivity contribution is 0.0729. The topological polar surface area (TPSA) is 51.0 Å². The summed E-state index contributed by atoms with van der Waals surface area (Å²) in [6, 6.07) is 6.81. The van der Waals surface area contributed by atoms with E-state index >= 15 is 0 Å². The van der Waals surface area contributed by atoms with Crippen LogP contribution in [0.15, 0.2) is 30.5 Å². The van der Waals surface area contributed by atoms with E-state index in [1.54, 1.807) is 12.1 Å². The molecule has 2 aliphatic rings. The third-order valence-corrected chi connectivity index (χ3v) is 5.70. The van der Waals surface area contributed by atoms with Gasteiger partial charge in [0.1, 0.15) is 5.82 Å². The largest absolute Gasteiger partial charge is 0.330 e. The number of halogens is 1. The molecule has 26 heavy (non-hydrogen) atoms. The second-order valence-corrected chi connectivity index (χ2v) is 7.44. The van der Waals surface area contributed by atoms with Crippen molar-refractivity contribution in [3.8, 4) is 0 Å². The number of likely N-dealkylation sites (tertiary alicyclic amines) is 1. The van der Waals surface area contributed by atoms with Gasteiger partial charge >= 0.3 is 0 Å². The Balaban J connectivity index is 1.50. The molecule has 1 amide bonds. The molecule has 0 bridgehead atoms. The van der Waals surface area contributed by atoms with Crippen molar-refractivity contribution in [2.75, 3.05) is 6.54 Å². The van der Waals surface area contributed by atoms with Crippen LogP contribution < -0.4 is 0 Å². The average molecular weight is 356 g/mol. The zero-order valence-electron chi connectivity index (χ0n) is 15.0. The first-order chi connectivity index (χ1) is 12.7. The first-order valence-electron chi connectivity index (χ1n) is 9.70. The second kappa shape index (κ2) is 7.56. The maximum absolute atomic E-state index is 13.2. The van der Waals surface area contributed by atoms with E-state index in [0.717, 1.165) is 31.2 Å². The van der Waals surface area contributed by atoms with Gasteiger partial charge in [0.15, 0.2) is 5.69 Å². The van der Waals surface area contributed by atoms with Crippen LogP contribution in [0.2, 0.25) is 0 Å². The predicted molar refractivity (Wildman–Crippen MR) is 96.2 cm³/mol. The zero-order chi connectivity index (χ0) is 17.9. The van der Waals surface area contributed by atoms with E-state index in [2.05, 4.69) is 10.3 Å². The molecule has 138 valence electrons. The lowest BCUT2D eigenvalue weighted by Crippen LogP contribution is -2.30. The quantitative estimate of drug-likeness (QED) is 0.771. The fourth-order valence-electron chi connectivity index (χ4n) is 4.26. The van der Waals surface area contributed by atoms with E-state index in [1.807, 2.05) is 15.8 Å². The van der Waals surface area contributed by atoms with Gasteiger partial charge in [-0.1, -0.05) is 43.0 Å². The van der Waals surface area contributed by atoms with Crippen molar-refractivity contribution in [3.63, 3.8) is 0 Å². The number of rotatable bonds is 3. The maximum atomic E-state index is 13.2. The van der Waals surface area contributed by atoms with Gasteiger partial charge in [-0.15, -0.1) is 5.10 Å². The molecule has 6 heteroatoms. The van der Waals surface area contributed by atoms with Crippen LogP contribution in [0, 0.1) is 5.82 Å². The monoisotopic (exact) mass is 356 g/mol. The van der Waals surface area contributed by atoms with Crippen LogP contribution in [0.25, 0.3) is 0 Å². The number of nitrogens with zero attached hydrogens (tertiary/aromatic N) is 4. The highest BCUT2D eigenvalue weighted by Gasteiger charge is 2.32. The molecule has 0 spiro atoms. The van der Waals surface area contributed by atoms with Crippen LogP contribution in [0.5, 0.6) is 0 Å². The molecule has 0 N–H and O–H groups in total. The molecule has 1 saturated carbocycles. The molecular formula is C20H25FN4O. The molecule has 5 nitrogen and oxygen atoms in total. The van der Waals surface area contributed by atoms with Crippen molar-refractivity contribution in [2.24, 2.45) is 0 Å². The van der Waals surface area contributed by atoms with Crippen molar-refractivity contribution < 1.29 is 9.18 Å². The van der Waals surface area contributed by atoms with Crippen molar-refractivity contribution in [3.05, 3.63) is 47.5 Å². The number of aromatic nitrogens is 3. The van der Waals surface area contributed by atoms with Gasteiger partial charge < -0.3 is 4.90 Å². The maximum Gasteiger partial charge on any atom is 0.276 e. The average Bonchev–Trinajstić information content (AvgIpc) is 3.26. The summed E-state index contributed by atoms with van der Waals surface area (Å²) in [6.45, 7) is 0.706. The molecule has 2 aromatic rings. The molecule has 1 unspecified atom stereocenters. The van der Waals surface area contributed by atoms with Crippen LogP contribution in [-0.4, -0.2) is 32.3 Å². The van der Waals surface area contributed by atoms with Crippen molar-refractivity contribution in [1.29, 1.82) is 0 Å². The van der Waals surface area contributed by atoms with Crippen LogP contribution in [0.4, 0.5) is 4.39 Å². The smallest absolute Gasteiger partial charge is 0.276 e. The molecule has 1 aromatic carbocycles. The van der Waals surface area contributed by atoms with Crippen LogP contribution in [0.3, 0.4) is 0 Å². The fourth-order valence-corrected chi connectivity index (χ4v) is 4.26. The second-order valence-electron chi connectivity index (χ2n) is 7.44. The number of carbonyl (C=O) groups is 1. The molecule has 0 radical (unpaired) electrons. The summed E-state index contributed by atoms with van der Waals surface area (Å²) in [4.78, 5) is 14.9. The summed E-state index contributed by atoms with van der Waals surface area (Å²) in [6.07, 6.45) is 10.9. The van der Waals surface area contributed by atoms with Crippen LogP contribution >= 0.6 is 0 Å². The molecule has 4 rings (SSSR count). The first-order valence-corrected chi connectivity index (χ1v) is 9.70. The van der Waals surface area contributed by atoms with Gasteiger partial charge in [-0.2, -0.15) is 0 Å². The minimum Gasteiger partial charge on any atom is -0.330 e. The van der Waals surface area contributed by atoms with Gasteiger partial charge in [0.2, 0.25) is 0 Å². The fraction of sp³-hybridized carbons (Fsp3) is 0.550. The van der Waals surface area contributed by atoms with Gasteiger partial charge in [0, 0.05) is 6.54 Å². The van der Waals surface area contributed by atoms with Crippen LogP contribution in [0.1, 0.15) is 79.5 Å². The van der Waals surface area contributed by atoms with Crippen molar-refractivity contribution in [2.45, 2.75) is 63.5 Å². The Morgan fingerprint density at radius 2 is 1.73 bits per heavy atom. The number of hydrogen-bond acceptors (Lipinski definition) is 3. The van der Waals surface area contributed by atoms with Crippen LogP contribution in [-0.2, 0) is 0 Å². The molecule has 1 saturated heterocycles. The first kappa shape index (κ1) is 17.2. The summed E-state index contributed by atoms with van der Waals surface area (Å²) >= 11 is 0. The minimum absolute atomic E-state index is 0.00821. The normalized spacial score (nSPS) is 21.7. The molecule has 2 fully saturated rings. The Labute approximate surface area is 153 Å². The lowest BCUT2D eigenvalue weighted by Gasteiger charge is -2.24. The molecule has 1 aromatic heterocycles. The highest BCUT2D eigenvalue weighted by Crippen LogP contribution is 2.33. The van der Waals surface area contributed by atoms with Gasteiger partial charge in [0.05, 0.1) is 18.3 Å². The highest BCUT2D eigenvalue weighted by atomic mass is 19.1. The Kier molecular flexibility index (Phi) is 5.00. The van der Waals surface area contributed by atoms with E-state index in [1.165, 1.54) is 37.8 Å². The summed E-state index contributed by atoms with van der Waals surface area (Å²) < 4.78 is 15.1. The summed E-state index contributed by atoms with van der Waals surface area (Å²) in [5.41, 5.74) is 1.40. The van der Waals surface area contributed by atoms with E-state index in [9.17, 15) is 9.18 Å². The van der Waals surface area contributed by atoms with Crippen molar-refractivity contribution in [1.82, 2.24) is 19.9 Å². The minimum atomic E-state index is -0.254. The highest BCUT2D eigenvalue weighted by molar-refractivity contribution is 5.92. The third kappa shape index (κ3) is 3.50. The Hall–Kier alpha value is -2.24. The predicted octanol–water partition coefficient (Wildman–Crippen LogP) is 4.29. The number of benzene rings is 1. The van der Waals surface area contributed by atoms with Gasteiger partial charge in [-0.05, 0) is 43.4 Å². The SMILES string of the molecule is O=C(c1cn(C2CCCCCC2)nn1)N1CCCC1c1ccc(F)cc1. The molecule has 1 atom stereocenters. The number of amides is 1. The summed E-state index contributed by atoms with van der Waals surface area (Å²) in [5, 5.41) is 8.42. The number of carbonyl (C=O) groups excluding carboxylic acids is 1.